The number of ether oxygens (including phenoxy) is 1. The number of benzene rings is 1. The maximum Gasteiger partial charge on any atom is 0.125 e. The first-order valence-corrected chi connectivity index (χ1v) is 7.82. The fraction of sp³-hybridized carbons (Fsp3) is 0.625. The molecule has 0 saturated carbocycles. The summed E-state index contributed by atoms with van der Waals surface area (Å²) in [6.45, 7) is 13.1. The van der Waals surface area contributed by atoms with Crippen LogP contribution in [0.5, 0.6) is 5.75 Å². The molecule has 20 heavy (non-hydrogen) atoms. The van der Waals surface area contributed by atoms with Crippen molar-refractivity contribution in [3.63, 3.8) is 0 Å². The fourth-order valence-electron chi connectivity index (χ4n) is 1.98. The fourth-order valence-corrected chi connectivity index (χ4v) is 2.21. The Labute approximate surface area is 128 Å². The first-order valence-electron chi connectivity index (χ1n) is 7.44. The second-order valence-electron chi connectivity index (χ2n) is 5.13. The molecule has 1 N–H and O–H groups in total. The van der Waals surface area contributed by atoms with Crippen LogP contribution in [0.4, 0.5) is 0 Å². The summed E-state index contributed by atoms with van der Waals surface area (Å²) in [5, 5.41) is 4.15. The van der Waals surface area contributed by atoms with Crippen LogP contribution in [-0.2, 0) is 6.54 Å². The van der Waals surface area contributed by atoms with Crippen LogP contribution < -0.4 is 10.1 Å². The Kier molecular flexibility index (Phi) is 7.97. The lowest BCUT2D eigenvalue weighted by atomic mass is 10.2. The van der Waals surface area contributed by atoms with Gasteiger partial charge >= 0.3 is 0 Å². The Morgan fingerprint density at radius 3 is 2.55 bits per heavy atom. The summed E-state index contributed by atoms with van der Waals surface area (Å²) in [5.74, 6) is 0.887. The van der Waals surface area contributed by atoms with Crippen LogP contribution in [-0.4, -0.2) is 37.2 Å². The number of nitrogens with one attached hydrogen (secondary N) is 1. The van der Waals surface area contributed by atoms with Crippen LogP contribution in [0.3, 0.4) is 0 Å². The lowest BCUT2D eigenvalue weighted by Crippen LogP contribution is -2.28. The van der Waals surface area contributed by atoms with E-state index in [0.717, 1.165) is 42.5 Å². The first kappa shape index (κ1) is 17.3. The third-order valence-corrected chi connectivity index (χ3v) is 3.68. The molecule has 0 amide bonds. The number of likely N-dealkylation sites (N-methyl/N-ethyl adjacent to an activating group) is 1. The summed E-state index contributed by atoms with van der Waals surface area (Å²) in [4.78, 5) is 2.34. The average Bonchev–Trinajstić information content (AvgIpc) is 2.42. The molecule has 0 heterocycles. The highest BCUT2D eigenvalue weighted by Gasteiger charge is 2.09. The molecule has 0 aliphatic rings. The van der Waals surface area contributed by atoms with Crippen molar-refractivity contribution in [2.75, 3.05) is 26.2 Å². The smallest absolute Gasteiger partial charge is 0.125 e. The third-order valence-electron chi connectivity index (χ3n) is 3.32. The van der Waals surface area contributed by atoms with E-state index in [9.17, 15) is 0 Å². The molecule has 3 nitrogen and oxygen atoms in total. The van der Waals surface area contributed by atoms with Gasteiger partial charge in [-0.05, 0) is 25.2 Å². The topological polar surface area (TPSA) is 24.5 Å². The Bertz CT molecular complexity index is 392. The molecule has 0 bridgehead atoms. The van der Waals surface area contributed by atoms with Crippen molar-refractivity contribution in [3.8, 4) is 5.75 Å². The lowest BCUT2D eigenvalue weighted by molar-refractivity contribution is 0.221. The molecule has 0 aliphatic heterocycles. The lowest BCUT2D eigenvalue weighted by Gasteiger charge is -2.19. The average molecular weight is 299 g/mol. The minimum absolute atomic E-state index is 0.426. The molecule has 0 unspecified atom stereocenters. The predicted octanol–water partition coefficient (Wildman–Crippen LogP) is 3.56. The summed E-state index contributed by atoms with van der Waals surface area (Å²) in [6.07, 6.45) is 0. The van der Waals surface area contributed by atoms with Crippen molar-refractivity contribution in [1.82, 2.24) is 10.2 Å². The van der Waals surface area contributed by atoms with Gasteiger partial charge in [0.15, 0.2) is 0 Å². The van der Waals surface area contributed by atoms with Gasteiger partial charge in [0.05, 0.1) is 0 Å². The maximum atomic E-state index is 6.28. The quantitative estimate of drug-likeness (QED) is 0.754. The molecule has 0 aromatic heterocycles. The Balaban J connectivity index is 2.62. The van der Waals surface area contributed by atoms with Crippen LogP contribution in [0, 0.1) is 0 Å². The number of nitrogens with zero attached hydrogens (tertiary/aromatic N) is 1. The zero-order valence-electron chi connectivity index (χ0n) is 13.1. The van der Waals surface area contributed by atoms with Crippen molar-refractivity contribution in [3.05, 3.63) is 28.8 Å². The van der Waals surface area contributed by atoms with E-state index in [-0.39, 0.29) is 0 Å². The Morgan fingerprint density at radius 2 is 1.95 bits per heavy atom. The highest BCUT2D eigenvalue weighted by atomic mass is 35.5. The van der Waals surface area contributed by atoms with E-state index in [0.29, 0.717) is 12.6 Å². The van der Waals surface area contributed by atoms with E-state index in [2.05, 4.69) is 37.9 Å². The summed E-state index contributed by atoms with van der Waals surface area (Å²) in [5.41, 5.74) is 1.04. The molecule has 1 aromatic rings. The largest absolute Gasteiger partial charge is 0.492 e. The molecule has 0 saturated heterocycles. The highest BCUT2D eigenvalue weighted by Crippen LogP contribution is 2.26. The molecular formula is C16H27ClN2O. The second kappa shape index (κ2) is 9.22. The van der Waals surface area contributed by atoms with Crippen molar-refractivity contribution < 1.29 is 4.74 Å². The third kappa shape index (κ3) is 5.70. The van der Waals surface area contributed by atoms with Crippen LogP contribution >= 0.6 is 11.6 Å². The van der Waals surface area contributed by atoms with E-state index in [1.165, 1.54) is 0 Å². The monoisotopic (exact) mass is 298 g/mol. The van der Waals surface area contributed by atoms with Gasteiger partial charge < -0.3 is 15.0 Å². The molecule has 0 aliphatic carbocycles. The summed E-state index contributed by atoms with van der Waals surface area (Å²) in [7, 11) is 0. The van der Waals surface area contributed by atoms with Crippen molar-refractivity contribution in [2.45, 2.75) is 40.3 Å². The number of hydrogen-bond donors (Lipinski definition) is 1. The zero-order chi connectivity index (χ0) is 15.0. The van der Waals surface area contributed by atoms with E-state index in [1.807, 2.05) is 18.2 Å². The summed E-state index contributed by atoms with van der Waals surface area (Å²) < 4.78 is 5.92. The molecule has 1 aromatic carbocycles. The minimum atomic E-state index is 0.426. The van der Waals surface area contributed by atoms with Crippen molar-refractivity contribution in [1.29, 1.82) is 0 Å². The van der Waals surface area contributed by atoms with E-state index < -0.39 is 0 Å². The Hall–Kier alpha value is -0.770. The second-order valence-corrected chi connectivity index (χ2v) is 5.53. The van der Waals surface area contributed by atoms with Crippen LogP contribution in [0.15, 0.2) is 18.2 Å². The van der Waals surface area contributed by atoms with Gasteiger partial charge in [0.2, 0.25) is 0 Å². The van der Waals surface area contributed by atoms with E-state index in [4.69, 9.17) is 16.3 Å². The number of rotatable bonds is 9. The van der Waals surface area contributed by atoms with Crippen LogP contribution in [0.1, 0.15) is 33.3 Å². The van der Waals surface area contributed by atoms with Gasteiger partial charge in [-0.3, -0.25) is 0 Å². The standard InChI is InChI=1S/C16H27ClN2O/c1-5-19(6-2)10-11-20-16-9-7-8-15(17)14(16)12-18-13(3)4/h7-9,13,18H,5-6,10-12H2,1-4H3. The van der Waals surface area contributed by atoms with Gasteiger partial charge in [0.25, 0.3) is 0 Å². The van der Waals surface area contributed by atoms with Gasteiger partial charge in [-0.15, -0.1) is 0 Å². The van der Waals surface area contributed by atoms with Gasteiger partial charge in [-0.1, -0.05) is 45.4 Å². The maximum absolute atomic E-state index is 6.28. The highest BCUT2D eigenvalue weighted by molar-refractivity contribution is 6.31. The zero-order valence-corrected chi connectivity index (χ0v) is 13.8. The first-order chi connectivity index (χ1) is 9.58. The van der Waals surface area contributed by atoms with E-state index >= 15 is 0 Å². The van der Waals surface area contributed by atoms with E-state index in [1.54, 1.807) is 0 Å². The molecule has 0 radical (unpaired) electrons. The molecule has 0 fully saturated rings. The van der Waals surface area contributed by atoms with Crippen LogP contribution in [0.25, 0.3) is 0 Å². The van der Waals surface area contributed by atoms with Gasteiger partial charge in [0, 0.05) is 29.7 Å². The molecule has 1 rings (SSSR count). The predicted molar refractivity (Wildman–Crippen MR) is 86.7 cm³/mol. The normalized spacial score (nSPS) is 11.3. The van der Waals surface area contributed by atoms with Gasteiger partial charge in [0.1, 0.15) is 12.4 Å². The molecule has 114 valence electrons. The van der Waals surface area contributed by atoms with Crippen LogP contribution in [0.2, 0.25) is 5.02 Å². The molecular weight excluding hydrogens is 272 g/mol. The molecule has 0 atom stereocenters. The minimum Gasteiger partial charge on any atom is -0.492 e. The summed E-state index contributed by atoms with van der Waals surface area (Å²) >= 11 is 6.28. The number of halogens is 1. The van der Waals surface area contributed by atoms with Crippen molar-refractivity contribution in [2.24, 2.45) is 0 Å². The SMILES string of the molecule is CCN(CC)CCOc1cccc(Cl)c1CNC(C)C. The summed E-state index contributed by atoms with van der Waals surface area (Å²) in [6, 6.07) is 6.27. The Morgan fingerprint density at radius 1 is 1.25 bits per heavy atom. The van der Waals surface area contributed by atoms with Gasteiger partial charge in [-0.25, -0.2) is 0 Å². The molecule has 0 spiro atoms. The van der Waals surface area contributed by atoms with Gasteiger partial charge in [-0.2, -0.15) is 0 Å². The molecule has 4 heteroatoms. The number of hydrogen-bond acceptors (Lipinski definition) is 3. The van der Waals surface area contributed by atoms with Crippen molar-refractivity contribution >= 4 is 11.6 Å².